The van der Waals surface area contributed by atoms with Gasteiger partial charge >= 0.3 is 6.03 Å². The normalized spacial score (nSPS) is 15.8. The van der Waals surface area contributed by atoms with E-state index in [0.29, 0.717) is 31.3 Å². The lowest BCUT2D eigenvalue weighted by molar-refractivity contribution is -0.130. The largest absolute Gasteiger partial charge is 0.339 e. The lowest BCUT2D eigenvalue weighted by Gasteiger charge is -2.33. The Morgan fingerprint density at radius 2 is 1.94 bits per heavy atom. The molecule has 1 aliphatic rings. The molecule has 1 saturated heterocycles. The molecule has 0 atom stereocenters. The zero-order chi connectivity index (χ0) is 12.3. The number of hydrogen-bond donors (Lipinski definition) is 1. The summed E-state index contributed by atoms with van der Waals surface area (Å²) in [4.78, 5) is 30.4. The third kappa shape index (κ3) is 2.94. The average molecular weight is 254 g/mol. The van der Waals surface area contributed by atoms with Gasteiger partial charge in [0.15, 0.2) is 5.13 Å². The number of nitrogens with zero attached hydrogens (tertiary/aromatic N) is 3. The van der Waals surface area contributed by atoms with Crippen molar-refractivity contribution in [2.24, 2.45) is 0 Å². The first kappa shape index (κ1) is 11.8. The molecule has 1 aliphatic heterocycles. The molecule has 1 aromatic rings. The van der Waals surface area contributed by atoms with Crippen molar-refractivity contribution in [3.05, 3.63) is 11.6 Å². The van der Waals surface area contributed by atoms with Crippen molar-refractivity contribution in [3.8, 4) is 0 Å². The van der Waals surface area contributed by atoms with Crippen LogP contribution in [0.3, 0.4) is 0 Å². The van der Waals surface area contributed by atoms with Crippen molar-refractivity contribution < 1.29 is 9.59 Å². The number of piperazine rings is 1. The summed E-state index contributed by atoms with van der Waals surface area (Å²) in [5.41, 5.74) is 0. The van der Waals surface area contributed by atoms with Crippen molar-refractivity contribution in [1.82, 2.24) is 14.8 Å². The number of nitrogens with one attached hydrogen (secondary N) is 1. The maximum atomic E-state index is 11.8. The fourth-order valence-corrected chi connectivity index (χ4v) is 2.20. The number of carbonyl (C=O) groups is 2. The zero-order valence-corrected chi connectivity index (χ0v) is 10.4. The lowest BCUT2D eigenvalue weighted by Crippen LogP contribution is -2.51. The summed E-state index contributed by atoms with van der Waals surface area (Å²) < 4.78 is 0. The van der Waals surface area contributed by atoms with Crippen molar-refractivity contribution in [1.29, 1.82) is 0 Å². The molecule has 0 bridgehead atoms. The van der Waals surface area contributed by atoms with Gasteiger partial charge in [0.2, 0.25) is 5.91 Å². The Bertz CT molecular complexity index is 398. The van der Waals surface area contributed by atoms with Crippen LogP contribution in [0.1, 0.15) is 6.92 Å². The zero-order valence-electron chi connectivity index (χ0n) is 9.55. The summed E-state index contributed by atoms with van der Waals surface area (Å²) in [5.74, 6) is 0.0602. The van der Waals surface area contributed by atoms with Crippen LogP contribution in [0.5, 0.6) is 0 Å². The molecule has 0 spiro atoms. The summed E-state index contributed by atoms with van der Waals surface area (Å²) in [6.07, 6.45) is 1.65. The SMILES string of the molecule is CC(=O)N1CCN(C(=O)Nc2nccs2)CC1. The molecular formula is C10H14N4O2S. The molecule has 2 heterocycles. The summed E-state index contributed by atoms with van der Waals surface area (Å²) in [5, 5.41) is 5.14. The first-order chi connectivity index (χ1) is 8.16. The van der Waals surface area contributed by atoms with Gasteiger partial charge in [-0.1, -0.05) is 0 Å². The molecule has 6 nitrogen and oxygen atoms in total. The molecule has 92 valence electrons. The van der Waals surface area contributed by atoms with Gasteiger partial charge in [-0.15, -0.1) is 11.3 Å². The molecule has 1 fully saturated rings. The molecule has 1 aromatic heterocycles. The second-order valence-corrected chi connectivity index (χ2v) is 4.66. The molecule has 2 rings (SSSR count). The minimum atomic E-state index is -0.150. The summed E-state index contributed by atoms with van der Waals surface area (Å²) in [6.45, 7) is 3.88. The van der Waals surface area contributed by atoms with E-state index in [4.69, 9.17) is 0 Å². The van der Waals surface area contributed by atoms with Crippen LogP contribution in [0.25, 0.3) is 0 Å². The van der Waals surface area contributed by atoms with E-state index in [1.807, 2.05) is 5.38 Å². The monoisotopic (exact) mass is 254 g/mol. The number of amides is 3. The maximum absolute atomic E-state index is 11.8. The lowest BCUT2D eigenvalue weighted by atomic mass is 10.3. The van der Waals surface area contributed by atoms with Gasteiger partial charge in [0.25, 0.3) is 0 Å². The minimum Gasteiger partial charge on any atom is -0.339 e. The van der Waals surface area contributed by atoms with Crippen molar-refractivity contribution in [2.45, 2.75) is 6.92 Å². The average Bonchev–Trinajstić information content (AvgIpc) is 2.82. The first-order valence-corrected chi connectivity index (χ1v) is 6.25. The molecule has 0 aromatic carbocycles. The number of thiazole rings is 1. The fourth-order valence-electron chi connectivity index (χ4n) is 1.68. The molecule has 0 aliphatic carbocycles. The van der Waals surface area contributed by atoms with Crippen LogP contribution in [0.15, 0.2) is 11.6 Å². The van der Waals surface area contributed by atoms with Crippen molar-refractivity contribution >= 4 is 28.4 Å². The number of carbonyl (C=O) groups excluding carboxylic acids is 2. The highest BCUT2D eigenvalue weighted by Gasteiger charge is 2.22. The highest BCUT2D eigenvalue weighted by molar-refractivity contribution is 7.13. The highest BCUT2D eigenvalue weighted by atomic mass is 32.1. The van der Waals surface area contributed by atoms with Gasteiger partial charge in [-0.05, 0) is 0 Å². The molecule has 3 amide bonds. The van der Waals surface area contributed by atoms with E-state index in [1.54, 1.807) is 22.9 Å². The molecular weight excluding hydrogens is 240 g/mol. The second-order valence-electron chi connectivity index (χ2n) is 3.76. The molecule has 0 saturated carbocycles. The van der Waals surface area contributed by atoms with E-state index in [-0.39, 0.29) is 11.9 Å². The predicted molar refractivity (Wildman–Crippen MR) is 65.0 cm³/mol. The number of hydrogen-bond acceptors (Lipinski definition) is 4. The van der Waals surface area contributed by atoms with E-state index in [2.05, 4.69) is 10.3 Å². The van der Waals surface area contributed by atoms with Crippen LogP contribution in [-0.2, 0) is 4.79 Å². The Morgan fingerprint density at radius 3 is 2.47 bits per heavy atom. The van der Waals surface area contributed by atoms with Crippen molar-refractivity contribution in [3.63, 3.8) is 0 Å². The van der Waals surface area contributed by atoms with Gasteiger partial charge in [-0.2, -0.15) is 0 Å². The van der Waals surface area contributed by atoms with Crippen LogP contribution in [0, 0.1) is 0 Å². The predicted octanol–water partition coefficient (Wildman–Crippen LogP) is 0.839. The number of rotatable bonds is 1. The van der Waals surface area contributed by atoms with Gasteiger partial charge in [-0.25, -0.2) is 9.78 Å². The number of anilines is 1. The van der Waals surface area contributed by atoms with Crippen LogP contribution in [0.2, 0.25) is 0 Å². The van der Waals surface area contributed by atoms with E-state index < -0.39 is 0 Å². The van der Waals surface area contributed by atoms with E-state index in [9.17, 15) is 9.59 Å². The maximum Gasteiger partial charge on any atom is 0.323 e. The van der Waals surface area contributed by atoms with E-state index in [0.717, 1.165) is 0 Å². The third-order valence-electron chi connectivity index (χ3n) is 2.66. The van der Waals surface area contributed by atoms with Crippen molar-refractivity contribution in [2.75, 3.05) is 31.5 Å². The minimum absolute atomic E-state index is 0.0602. The Labute approximate surface area is 103 Å². The summed E-state index contributed by atoms with van der Waals surface area (Å²) in [7, 11) is 0. The van der Waals surface area contributed by atoms with Gasteiger partial charge in [0.05, 0.1) is 0 Å². The Morgan fingerprint density at radius 1 is 1.29 bits per heavy atom. The quantitative estimate of drug-likeness (QED) is 0.807. The number of urea groups is 1. The molecule has 0 radical (unpaired) electrons. The van der Waals surface area contributed by atoms with E-state index in [1.165, 1.54) is 11.3 Å². The highest BCUT2D eigenvalue weighted by Crippen LogP contribution is 2.12. The van der Waals surface area contributed by atoms with Crippen LogP contribution < -0.4 is 5.32 Å². The first-order valence-electron chi connectivity index (χ1n) is 5.38. The standard InChI is InChI=1S/C10H14N4O2S/c1-8(15)13-3-5-14(6-4-13)10(16)12-9-11-2-7-17-9/h2,7H,3-6H2,1H3,(H,11,12,16). The Hall–Kier alpha value is -1.63. The topological polar surface area (TPSA) is 65.5 Å². The smallest absolute Gasteiger partial charge is 0.323 e. The van der Waals surface area contributed by atoms with Crippen LogP contribution >= 0.6 is 11.3 Å². The molecule has 0 unspecified atom stereocenters. The fraction of sp³-hybridized carbons (Fsp3) is 0.500. The van der Waals surface area contributed by atoms with Gasteiger partial charge in [0.1, 0.15) is 0 Å². The molecule has 1 N–H and O–H groups in total. The summed E-state index contributed by atoms with van der Waals surface area (Å²) >= 11 is 1.39. The second kappa shape index (κ2) is 5.13. The van der Waals surface area contributed by atoms with Crippen LogP contribution in [-0.4, -0.2) is 52.9 Å². The molecule has 7 heteroatoms. The van der Waals surface area contributed by atoms with Gasteiger partial charge in [0, 0.05) is 44.7 Å². The molecule has 17 heavy (non-hydrogen) atoms. The summed E-state index contributed by atoms with van der Waals surface area (Å²) in [6, 6.07) is -0.150. The number of aromatic nitrogens is 1. The van der Waals surface area contributed by atoms with Crippen LogP contribution in [0.4, 0.5) is 9.93 Å². The Balaban J connectivity index is 1.84. The Kier molecular flexibility index (Phi) is 3.58. The van der Waals surface area contributed by atoms with Gasteiger partial charge in [-0.3, -0.25) is 10.1 Å². The van der Waals surface area contributed by atoms with Gasteiger partial charge < -0.3 is 9.80 Å². The van der Waals surface area contributed by atoms with E-state index >= 15 is 0 Å². The third-order valence-corrected chi connectivity index (χ3v) is 3.35.